The van der Waals surface area contributed by atoms with Crippen LogP contribution in [0.15, 0.2) is 118 Å². The first-order valence-electron chi connectivity index (χ1n) is 17.3. The monoisotopic (exact) mass is 698 g/mol. The summed E-state index contributed by atoms with van der Waals surface area (Å²) in [5.74, 6) is 0.722. The lowest BCUT2D eigenvalue weighted by Crippen LogP contribution is -2.49. The minimum atomic E-state index is -0.693. The highest BCUT2D eigenvalue weighted by atomic mass is 32.2. The molecule has 3 heterocycles. The molecule has 0 radical (unpaired) electrons. The van der Waals surface area contributed by atoms with Gasteiger partial charge in [-0.3, -0.25) is 4.79 Å². The number of anilines is 2. The number of nitrogens with one attached hydrogen (secondary N) is 4. The quantitative estimate of drug-likeness (QED) is 0.0469. The van der Waals surface area contributed by atoms with Crippen LogP contribution < -0.4 is 21.3 Å². The molecule has 0 aromatic heterocycles. The average Bonchev–Trinajstić information content (AvgIpc) is 3.71. The van der Waals surface area contributed by atoms with E-state index in [0.29, 0.717) is 11.7 Å². The summed E-state index contributed by atoms with van der Waals surface area (Å²) in [6.45, 7) is 2.15. The second kappa shape index (κ2) is 14.0. The zero-order chi connectivity index (χ0) is 34.8. The van der Waals surface area contributed by atoms with Crippen molar-refractivity contribution in [3.63, 3.8) is 0 Å². The van der Waals surface area contributed by atoms with Crippen molar-refractivity contribution in [3.8, 4) is 0 Å². The Morgan fingerprint density at radius 1 is 0.765 bits per heavy atom. The number of ether oxygens (including phenoxy) is 1. The van der Waals surface area contributed by atoms with Gasteiger partial charge in [0, 0.05) is 50.3 Å². The van der Waals surface area contributed by atoms with Crippen LogP contribution >= 0.6 is 11.8 Å². The first-order chi connectivity index (χ1) is 24.9. The average molecular weight is 699 g/mol. The van der Waals surface area contributed by atoms with Crippen LogP contribution in [0.3, 0.4) is 0 Å². The largest absolute Gasteiger partial charge is 0.461 e. The summed E-state index contributed by atoms with van der Waals surface area (Å²) in [6, 6.07) is 31.8. The fourth-order valence-corrected chi connectivity index (χ4v) is 8.64. The van der Waals surface area contributed by atoms with Gasteiger partial charge in [-0.1, -0.05) is 61.0 Å². The molecule has 8 rings (SSSR count). The molecule has 2 amide bonds. The Bertz CT molecular complexity index is 2160. The van der Waals surface area contributed by atoms with E-state index < -0.39 is 5.66 Å². The van der Waals surface area contributed by atoms with Crippen molar-refractivity contribution in [3.05, 3.63) is 97.1 Å². The summed E-state index contributed by atoms with van der Waals surface area (Å²) >= 11 is 1.89. The van der Waals surface area contributed by atoms with Crippen molar-refractivity contribution in [2.75, 3.05) is 23.0 Å². The smallest absolute Gasteiger partial charge is 0.315 e. The maximum absolute atomic E-state index is 12.7. The molecular formula is C39H38N8O3S. The topological polar surface area (TPSA) is 141 Å². The molecule has 258 valence electrons. The SMILES string of the molecule is CC1(COC(=O)CCCC[C@H]2SC[C@H]3NC(=O)N[C@H]32)Nc2cccc3c(N=Nc4ccc(/N=N/c5ccccc5)c5ccccc45)ccc(c23)N1. The van der Waals surface area contributed by atoms with Gasteiger partial charge >= 0.3 is 12.0 Å². The van der Waals surface area contributed by atoms with Gasteiger partial charge in [-0.25, -0.2) is 4.79 Å². The van der Waals surface area contributed by atoms with Gasteiger partial charge in [0.05, 0.1) is 34.8 Å². The number of nitrogens with zero attached hydrogens (tertiary/aromatic N) is 4. The van der Waals surface area contributed by atoms with Crippen molar-refractivity contribution in [2.45, 2.75) is 55.6 Å². The molecule has 0 spiro atoms. The fraction of sp³-hybridized carbons (Fsp3) is 0.282. The first-order valence-corrected chi connectivity index (χ1v) is 18.3. The molecule has 4 N–H and O–H groups in total. The van der Waals surface area contributed by atoms with Crippen LogP contribution in [0.4, 0.5) is 38.9 Å². The first kappa shape index (κ1) is 32.7. The number of carbonyl (C=O) groups is 2. The highest BCUT2D eigenvalue weighted by Crippen LogP contribution is 2.43. The van der Waals surface area contributed by atoms with Crippen molar-refractivity contribution >= 4 is 79.4 Å². The fourth-order valence-electron chi connectivity index (χ4n) is 7.10. The maximum Gasteiger partial charge on any atom is 0.315 e. The van der Waals surface area contributed by atoms with E-state index in [2.05, 4.69) is 31.5 Å². The summed E-state index contributed by atoms with van der Waals surface area (Å²) in [6.07, 6.45) is 3.00. The minimum absolute atomic E-state index is 0.0717. The molecule has 4 atom stereocenters. The molecule has 51 heavy (non-hydrogen) atoms. The van der Waals surface area contributed by atoms with E-state index in [1.165, 1.54) is 0 Å². The van der Waals surface area contributed by atoms with Gasteiger partial charge in [-0.05, 0) is 62.2 Å². The zero-order valence-electron chi connectivity index (χ0n) is 28.1. The maximum atomic E-state index is 12.7. The highest BCUT2D eigenvalue weighted by molar-refractivity contribution is 8.00. The Morgan fingerprint density at radius 2 is 1.41 bits per heavy atom. The minimum Gasteiger partial charge on any atom is -0.461 e. The number of esters is 1. The molecule has 2 saturated heterocycles. The Balaban J connectivity index is 0.915. The predicted molar refractivity (Wildman–Crippen MR) is 203 cm³/mol. The van der Waals surface area contributed by atoms with Gasteiger partial charge in [0.2, 0.25) is 0 Å². The van der Waals surface area contributed by atoms with E-state index in [0.717, 1.165) is 80.7 Å². The molecule has 1 unspecified atom stereocenters. The van der Waals surface area contributed by atoms with Crippen LogP contribution in [0.1, 0.15) is 32.6 Å². The van der Waals surface area contributed by atoms with E-state index in [1.54, 1.807) is 0 Å². The predicted octanol–water partition coefficient (Wildman–Crippen LogP) is 9.65. The summed E-state index contributed by atoms with van der Waals surface area (Å²) in [4.78, 5) is 24.4. The van der Waals surface area contributed by atoms with E-state index in [-0.39, 0.29) is 30.7 Å². The molecule has 0 saturated carbocycles. The molecule has 11 nitrogen and oxygen atoms in total. The second-order valence-electron chi connectivity index (χ2n) is 13.4. The zero-order valence-corrected chi connectivity index (χ0v) is 29.0. The van der Waals surface area contributed by atoms with E-state index in [9.17, 15) is 9.59 Å². The Morgan fingerprint density at radius 3 is 2.18 bits per heavy atom. The third-order valence-electron chi connectivity index (χ3n) is 9.59. The number of hydrogen-bond acceptors (Lipinski definition) is 10. The number of azo groups is 2. The lowest BCUT2D eigenvalue weighted by molar-refractivity contribution is -0.144. The molecule has 2 fully saturated rings. The van der Waals surface area contributed by atoms with Crippen molar-refractivity contribution in [1.82, 2.24) is 10.6 Å². The van der Waals surface area contributed by atoms with Crippen LogP contribution in [0.25, 0.3) is 21.5 Å². The lowest BCUT2D eigenvalue weighted by atomic mass is 9.99. The second-order valence-corrected chi connectivity index (χ2v) is 14.6. The van der Waals surface area contributed by atoms with Crippen molar-refractivity contribution in [1.29, 1.82) is 0 Å². The van der Waals surface area contributed by atoms with Gasteiger partial charge in [-0.2, -0.15) is 16.9 Å². The molecular weight excluding hydrogens is 661 g/mol. The molecule has 5 aromatic rings. The van der Waals surface area contributed by atoms with Crippen molar-refractivity contribution < 1.29 is 14.3 Å². The number of hydrogen-bond donors (Lipinski definition) is 4. The Kier molecular flexibility index (Phi) is 8.99. The molecule has 0 bridgehead atoms. The Labute approximate surface area is 299 Å². The molecule has 3 aliphatic heterocycles. The van der Waals surface area contributed by atoms with E-state index in [4.69, 9.17) is 15.0 Å². The number of rotatable bonds is 11. The molecule has 12 heteroatoms. The van der Waals surface area contributed by atoms with Crippen molar-refractivity contribution in [2.24, 2.45) is 20.5 Å². The lowest BCUT2D eigenvalue weighted by Gasteiger charge is -2.38. The summed E-state index contributed by atoms with van der Waals surface area (Å²) in [5, 5.41) is 35.7. The van der Waals surface area contributed by atoms with Gasteiger partial charge < -0.3 is 26.0 Å². The van der Waals surface area contributed by atoms with Crippen LogP contribution in [0.2, 0.25) is 0 Å². The van der Waals surface area contributed by atoms with Crippen LogP contribution in [-0.4, -0.2) is 47.4 Å². The summed E-state index contributed by atoms with van der Waals surface area (Å²) in [7, 11) is 0. The van der Waals surface area contributed by atoms with E-state index in [1.807, 2.05) is 116 Å². The Hall–Kier alpha value is -5.49. The van der Waals surface area contributed by atoms with Gasteiger partial charge in [0.1, 0.15) is 12.3 Å². The molecule has 3 aliphatic rings. The third kappa shape index (κ3) is 6.96. The van der Waals surface area contributed by atoms with Crippen LogP contribution in [-0.2, 0) is 9.53 Å². The number of unbranched alkanes of at least 4 members (excludes halogenated alkanes) is 1. The molecule has 5 aromatic carbocycles. The number of fused-ring (bicyclic) bond motifs is 2. The van der Waals surface area contributed by atoms with Gasteiger partial charge in [-0.15, -0.1) is 15.3 Å². The summed E-state index contributed by atoms with van der Waals surface area (Å²) < 4.78 is 5.76. The van der Waals surface area contributed by atoms with Gasteiger partial charge in [0.25, 0.3) is 0 Å². The van der Waals surface area contributed by atoms with Crippen LogP contribution in [0.5, 0.6) is 0 Å². The molecule has 0 aliphatic carbocycles. The standard InChI is InChI=1S/C39H38N8O3S/c1-39(23-50-35(48)17-8-7-16-34-37-33(22-51-34)40-38(49)41-37)42-31-15-9-14-27-30(20-21-32(43-39)36(27)31)47-46-29-19-18-28(25-12-5-6-13-26(25)29)45-44-24-10-3-2-4-11-24/h2-6,9-15,18-21,33-34,37,42-43H,7-8,16-17,22-23H2,1H3,(H2,40,41,49)/b45-44+,47-46?/t33-,34-,37-,39?/m1/s1. The number of urea groups is 1. The number of amides is 2. The highest BCUT2D eigenvalue weighted by Gasteiger charge is 2.42. The van der Waals surface area contributed by atoms with Gasteiger partial charge in [0.15, 0.2) is 0 Å². The summed E-state index contributed by atoms with van der Waals surface area (Å²) in [5.41, 5.74) is 4.19. The van der Waals surface area contributed by atoms with Crippen LogP contribution in [0, 0.1) is 0 Å². The number of benzene rings is 5. The number of thioether (sulfide) groups is 1. The normalized spacial score (nSPS) is 22.1. The number of carbonyl (C=O) groups excluding carboxylic acids is 2. The third-order valence-corrected chi connectivity index (χ3v) is 11.1. The van der Waals surface area contributed by atoms with E-state index >= 15 is 0 Å².